The van der Waals surface area contributed by atoms with Gasteiger partial charge in [-0.3, -0.25) is 28.8 Å². The number of likely N-dealkylation sites (N-methyl/N-ethyl adjacent to an activating group) is 2. The Labute approximate surface area is 264 Å². The van der Waals surface area contributed by atoms with Crippen LogP contribution in [-0.4, -0.2) is 101 Å². The Hall–Kier alpha value is -5.51. The number of carbonyl (C=O) groups is 7. The van der Waals surface area contributed by atoms with Crippen molar-refractivity contribution >= 4 is 41.4 Å². The van der Waals surface area contributed by atoms with Crippen molar-refractivity contribution in [3.05, 3.63) is 65.7 Å². The molecule has 0 aromatic heterocycles. The highest BCUT2D eigenvalue weighted by atomic mass is 16.4. The van der Waals surface area contributed by atoms with Crippen molar-refractivity contribution in [2.45, 2.75) is 49.9 Å². The maximum atomic E-state index is 13.2. The fourth-order valence-corrected chi connectivity index (χ4v) is 4.37. The molecule has 0 bridgehead atoms. The molecule has 0 aliphatic carbocycles. The van der Waals surface area contributed by atoms with E-state index in [2.05, 4.69) is 21.3 Å². The number of hydrogen-bond acceptors (Lipinski definition) is 9. The van der Waals surface area contributed by atoms with Gasteiger partial charge >= 0.3 is 5.97 Å². The van der Waals surface area contributed by atoms with Crippen molar-refractivity contribution < 1.29 is 43.8 Å². The number of carboxylic acids is 1. The number of nitrogens with zero attached hydrogens (tertiary/aromatic N) is 1. The van der Waals surface area contributed by atoms with E-state index < -0.39 is 85.0 Å². The van der Waals surface area contributed by atoms with Crippen LogP contribution in [0.3, 0.4) is 0 Å². The second kappa shape index (κ2) is 17.7. The summed E-state index contributed by atoms with van der Waals surface area (Å²) in [7, 11) is 2.80. The Bertz CT molecular complexity index is 1400. The third-order valence-electron chi connectivity index (χ3n) is 6.95. The molecule has 2 aromatic carbocycles. The van der Waals surface area contributed by atoms with Crippen LogP contribution in [0, 0.1) is 0 Å². The third-order valence-corrected chi connectivity index (χ3v) is 6.95. The number of carboxylic acid groups (broad SMARTS) is 1. The maximum Gasteiger partial charge on any atom is 0.326 e. The molecule has 0 spiro atoms. The number of aromatic hydroxyl groups is 1. The van der Waals surface area contributed by atoms with E-state index in [-0.39, 0.29) is 18.6 Å². The van der Waals surface area contributed by atoms with Gasteiger partial charge in [0.2, 0.25) is 35.4 Å². The highest BCUT2D eigenvalue weighted by Crippen LogP contribution is 2.12. The Balaban J connectivity index is 2.15. The smallest absolute Gasteiger partial charge is 0.326 e. The first kappa shape index (κ1) is 36.7. The number of primary amides is 2. The molecule has 0 saturated carbocycles. The number of amides is 6. The molecule has 0 heterocycles. The first-order chi connectivity index (χ1) is 21.7. The van der Waals surface area contributed by atoms with E-state index in [0.29, 0.717) is 11.1 Å². The molecule has 0 radical (unpaired) electrons. The van der Waals surface area contributed by atoms with Gasteiger partial charge in [0, 0.05) is 13.5 Å². The van der Waals surface area contributed by atoms with Crippen molar-refractivity contribution in [2.75, 3.05) is 20.6 Å². The van der Waals surface area contributed by atoms with E-state index in [1.807, 2.05) is 0 Å². The molecule has 16 nitrogen and oxygen atoms in total. The topological polar surface area (TPSA) is 263 Å². The summed E-state index contributed by atoms with van der Waals surface area (Å²) in [5.41, 5.74) is 11.7. The maximum absolute atomic E-state index is 13.2. The fourth-order valence-electron chi connectivity index (χ4n) is 4.37. The molecule has 0 unspecified atom stereocenters. The van der Waals surface area contributed by atoms with E-state index in [1.165, 1.54) is 26.2 Å². The molecule has 248 valence electrons. The summed E-state index contributed by atoms with van der Waals surface area (Å²) >= 11 is 0. The second-order valence-electron chi connectivity index (χ2n) is 10.4. The first-order valence-corrected chi connectivity index (χ1v) is 14.1. The number of nitrogens with one attached hydrogen (secondary N) is 4. The molecule has 16 heteroatoms. The van der Waals surface area contributed by atoms with Gasteiger partial charge in [0.15, 0.2) is 0 Å². The summed E-state index contributed by atoms with van der Waals surface area (Å²) in [5, 5.41) is 28.8. The van der Waals surface area contributed by atoms with Crippen molar-refractivity contribution in [3.8, 4) is 5.75 Å². The number of benzene rings is 2. The zero-order valence-corrected chi connectivity index (χ0v) is 25.4. The van der Waals surface area contributed by atoms with Gasteiger partial charge in [0.05, 0.1) is 25.4 Å². The molecule has 6 amide bonds. The molecule has 10 N–H and O–H groups in total. The summed E-state index contributed by atoms with van der Waals surface area (Å²) in [6, 6.07) is 9.50. The van der Waals surface area contributed by atoms with Gasteiger partial charge in [0.25, 0.3) is 0 Å². The van der Waals surface area contributed by atoms with Crippen LogP contribution in [0.25, 0.3) is 0 Å². The van der Waals surface area contributed by atoms with Gasteiger partial charge in [-0.15, -0.1) is 0 Å². The van der Waals surface area contributed by atoms with E-state index >= 15 is 0 Å². The van der Waals surface area contributed by atoms with Gasteiger partial charge in [-0.05, 0) is 36.7 Å². The Morgan fingerprint density at radius 2 is 1.28 bits per heavy atom. The highest BCUT2D eigenvalue weighted by molar-refractivity contribution is 5.96. The summed E-state index contributed by atoms with van der Waals surface area (Å²) in [5.74, 6) is -6.49. The zero-order chi connectivity index (χ0) is 34.4. The molecule has 4 atom stereocenters. The SMILES string of the molecule is CN[C@@H](Cc1ccc(O)cc1)C(=O)N[C@H](CC(N)=O)C(=O)NCC(=O)N(C)[C@@H](Cc1ccccc1)C(=O)N[C@H](CC(N)=O)C(=O)O. The number of rotatable bonds is 18. The minimum absolute atomic E-state index is 0.0431. The molecule has 0 fully saturated rings. The Morgan fingerprint density at radius 1 is 0.739 bits per heavy atom. The van der Waals surface area contributed by atoms with E-state index in [0.717, 1.165) is 4.90 Å². The highest BCUT2D eigenvalue weighted by Gasteiger charge is 2.32. The standard InChI is InChI=1S/C30H39N7O9/c1-33-20(12-18-8-10-19(38)11-9-18)28(43)35-21(14-24(31)39)27(42)34-16-26(41)37(2)23(13-17-6-4-3-5-7-17)29(44)36-22(30(45)46)15-25(32)40/h3-11,20-23,33,38H,12-16H2,1-2H3,(H2,31,39)(H2,32,40)(H,34,42)(H,35,43)(H,36,44)(H,45,46)/t20-,21+,22+,23-/m0/s1. The van der Waals surface area contributed by atoms with E-state index in [1.54, 1.807) is 42.5 Å². The number of phenols is 1. The molecule has 0 aliphatic heterocycles. The van der Waals surface area contributed by atoms with Gasteiger partial charge in [-0.1, -0.05) is 42.5 Å². The predicted molar refractivity (Wildman–Crippen MR) is 163 cm³/mol. The number of phenolic OH excluding ortho intramolecular Hbond substituents is 1. The summed E-state index contributed by atoms with van der Waals surface area (Å²) in [6.07, 6.45) is -1.11. The summed E-state index contributed by atoms with van der Waals surface area (Å²) in [6.45, 7) is -0.661. The lowest BCUT2D eigenvalue weighted by Crippen LogP contribution is -2.57. The Morgan fingerprint density at radius 3 is 1.83 bits per heavy atom. The normalized spacial score (nSPS) is 13.3. The zero-order valence-electron chi connectivity index (χ0n) is 25.4. The second-order valence-corrected chi connectivity index (χ2v) is 10.4. The van der Waals surface area contributed by atoms with Gasteiger partial charge in [-0.2, -0.15) is 0 Å². The van der Waals surface area contributed by atoms with Crippen molar-refractivity contribution in [1.82, 2.24) is 26.2 Å². The summed E-state index contributed by atoms with van der Waals surface area (Å²) < 4.78 is 0. The first-order valence-electron chi connectivity index (χ1n) is 14.1. The van der Waals surface area contributed by atoms with Crippen LogP contribution in [0.4, 0.5) is 0 Å². The van der Waals surface area contributed by atoms with Gasteiger partial charge in [0.1, 0.15) is 23.9 Å². The van der Waals surface area contributed by atoms with Crippen molar-refractivity contribution in [3.63, 3.8) is 0 Å². The van der Waals surface area contributed by atoms with Crippen LogP contribution in [-0.2, 0) is 46.4 Å². The Kier molecular flexibility index (Phi) is 14.1. The molecule has 46 heavy (non-hydrogen) atoms. The molecule has 2 rings (SSSR count). The van der Waals surface area contributed by atoms with Crippen LogP contribution in [0.5, 0.6) is 5.75 Å². The molecule has 0 saturated heterocycles. The van der Waals surface area contributed by atoms with Gasteiger partial charge in [-0.25, -0.2) is 4.79 Å². The largest absolute Gasteiger partial charge is 0.508 e. The van der Waals surface area contributed by atoms with Crippen molar-refractivity contribution in [2.24, 2.45) is 11.5 Å². The minimum Gasteiger partial charge on any atom is -0.508 e. The predicted octanol–water partition coefficient (Wildman–Crippen LogP) is -2.49. The number of hydrogen-bond donors (Lipinski definition) is 8. The van der Waals surface area contributed by atoms with Crippen LogP contribution in [0.2, 0.25) is 0 Å². The average molecular weight is 642 g/mol. The summed E-state index contributed by atoms with van der Waals surface area (Å²) in [4.78, 5) is 88.0. The molecular weight excluding hydrogens is 602 g/mol. The monoisotopic (exact) mass is 641 g/mol. The van der Waals surface area contributed by atoms with Crippen molar-refractivity contribution in [1.29, 1.82) is 0 Å². The van der Waals surface area contributed by atoms with Crippen LogP contribution >= 0.6 is 0 Å². The van der Waals surface area contributed by atoms with Crippen LogP contribution < -0.4 is 32.7 Å². The van der Waals surface area contributed by atoms with E-state index in [9.17, 15) is 43.8 Å². The average Bonchev–Trinajstić information content (AvgIpc) is 3.00. The van der Waals surface area contributed by atoms with Crippen LogP contribution in [0.15, 0.2) is 54.6 Å². The minimum atomic E-state index is -1.64. The van der Waals surface area contributed by atoms with Gasteiger partial charge < -0.3 is 47.8 Å². The quantitative estimate of drug-likeness (QED) is 0.0849. The number of nitrogens with two attached hydrogens (primary N) is 2. The lowest BCUT2D eigenvalue weighted by atomic mass is 10.0. The number of carbonyl (C=O) groups excluding carboxylic acids is 6. The lowest BCUT2D eigenvalue weighted by Gasteiger charge is -2.29. The lowest BCUT2D eigenvalue weighted by molar-refractivity contribution is -0.145. The van der Waals surface area contributed by atoms with Crippen LogP contribution in [0.1, 0.15) is 24.0 Å². The third kappa shape index (κ3) is 11.9. The molecular formula is C30H39N7O9. The molecule has 0 aliphatic rings. The molecule has 2 aromatic rings. The number of aliphatic carboxylic acids is 1. The fraction of sp³-hybridized carbons (Fsp3) is 0.367. The van der Waals surface area contributed by atoms with E-state index in [4.69, 9.17) is 11.5 Å².